The van der Waals surface area contributed by atoms with E-state index in [0.29, 0.717) is 23.1 Å². The fourth-order valence-electron chi connectivity index (χ4n) is 3.72. The van der Waals surface area contributed by atoms with E-state index in [-0.39, 0.29) is 0 Å². The van der Waals surface area contributed by atoms with E-state index in [9.17, 15) is 0 Å². The summed E-state index contributed by atoms with van der Waals surface area (Å²) >= 11 is 0. The van der Waals surface area contributed by atoms with Gasteiger partial charge in [0.05, 0.1) is 5.39 Å². The predicted octanol–water partition coefficient (Wildman–Crippen LogP) is 6.84. The van der Waals surface area contributed by atoms with Gasteiger partial charge in [-0.1, -0.05) is 54.1 Å². The van der Waals surface area contributed by atoms with E-state index in [2.05, 4.69) is 17.2 Å². The summed E-state index contributed by atoms with van der Waals surface area (Å²) in [5.41, 5.74) is 4.92. The SMILES string of the molecule is Cc1ccc(Nc2nc(-c3cc4ccccc4o3)c3c(n2)oc2ccccc23)cc1. The summed E-state index contributed by atoms with van der Waals surface area (Å²) in [5.74, 6) is 1.14. The number of aromatic nitrogens is 2. The zero-order valence-corrected chi connectivity index (χ0v) is 16.2. The zero-order valence-electron chi connectivity index (χ0n) is 16.2. The smallest absolute Gasteiger partial charge is 0.232 e. The average molecular weight is 391 g/mol. The number of aryl methyl sites for hydroxylation is 1. The van der Waals surface area contributed by atoms with Crippen LogP contribution < -0.4 is 5.32 Å². The molecule has 0 saturated heterocycles. The van der Waals surface area contributed by atoms with Crippen LogP contribution in [0.1, 0.15) is 5.56 Å². The fourth-order valence-corrected chi connectivity index (χ4v) is 3.72. The summed E-state index contributed by atoms with van der Waals surface area (Å²) in [6, 6.07) is 25.9. The molecule has 0 unspecified atom stereocenters. The van der Waals surface area contributed by atoms with Crippen LogP contribution in [0.3, 0.4) is 0 Å². The number of furan rings is 2. The molecule has 1 N–H and O–H groups in total. The lowest BCUT2D eigenvalue weighted by molar-refractivity contribution is 0.628. The molecule has 3 aromatic carbocycles. The molecule has 6 rings (SSSR count). The predicted molar refractivity (Wildman–Crippen MR) is 119 cm³/mol. The topological polar surface area (TPSA) is 64.1 Å². The highest BCUT2D eigenvalue weighted by molar-refractivity contribution is 6.10. The monoisotopic (exact) mass is 391 g/mol. The third-order valence-electron chi connectivity index (χ3n) is 5.21. The van der Waals surface area contributed by atoms with Gasteiger partial charge in [0.15, 0.2) is 5.76 Å². The van der Waals surface area contributed by atoms with Gasteiger partial charge in [-0.05, 0) is 37.3 Å². The number of nitrogens with one attached hydrogen (secondary N) is 1. The van der Waals surface area contributed by atoms with Crippen molar-refractivity contribution in [3.8, 4) is 11.5 Å². The molecule has 3 heterocycles. The summed E-state index contributed by atoms with van der Waals surface area (Å²) < 4.78 is 12.2. The molecule has 144 valence electrons. The number of para-hydroxylation sites is 2. The number of hydrogen-bond acceptors (Lipinski definition) is 5. The maximum atomic E-state index is 6.14. The van der Waals surface area contributed by atoms with Crippen LogP contribution in [0.2, 0.25) is 0 Å². The van der Waals surface area contributed by atoms with Gasteiger partial charge in [-0.2, -0.15) is 4.98 Å². The Labute approximate surface area is 172 Å². The van der Waals surface area contributed by atoms with Crippen LogP contribution in [0, 0.1) is 6.92 Å². The first-order valence-electron chi connectivity index (χ1n) is 9.76. The van der Waals surface area contributed by atoms with Crippen molar-refractivity contribution in [1.29, 1.82) is 0 Å². The van der Waals surface area contributed by atoms with Crippen molar-refractivity contribution in [2.45, 2.75) is 6.92 Å². The average Bonchev–Trinajstić information content (AvgIpc) is 3.36. The number of rotatable bonds is 3. The lowest BCUT2D eigenvalue weighted by atomic mass is 10.1. The number of benzene rings is 3. The summed E-state index contributed by atoms with van der Waals surface area (Å²) in [6.45, 7) is 2.06. The Morgan fingerprint density at radius 2 is 1.53 bits per heavy atom. The van der Waals surface area contributed by atoms with Crippen molar-refractivity contribution in [1.82, 2.24) is 9.97 Å². The van der Waals surface area contributed by atoms with Gasteiger partial charge in [0, 0.05) is 16.5 Å². The van der Waals surface area contributed by atoms with Gasteiger partial charge in [-0.3, -0.25) is 0 Å². The molecule has 0 bridgehead atoms. The molecule has 5 nitrogen and oxygen atoms in total. The van der Waals surface area contributed by atoms with Crippen molar-refractivity contribution in [3.63, 3.8) is 0 Å². The molecule has 0 aliphatic heterocycles. The lowest BCUT2D eigenvalue weighted by Gasteiger charge is -2.07. The standard InChI is InChI=1S/C25H17N3O2/c1-15-10-12-17(13-11-15)26-25-27-23(21-14-16-6-2-4-8-19(16)29-21)22-18-7-3-5-9-20(18)30-24(22)28-25/h2-14H,1H3,(H,26,27,28). The first kappa shape index (κ1) is 16.8. The minimum Gasteiger partial charge on any atom is -0.454 e. The summed E-state index contributed by atoms with van der Waals surface area (Å²) in [7, 11) is 0. The van der Waals surface area contributed by atoms with Gasteiger partial charge >= 0.3 is 0 Å². The van der Waals surface area contributed by atoms with Crippen LogP contribution in [0.5, 0.6) is 0 Å². The molecule has 0 atom stereocenters. The number of nitrogens with zero attached hydrogens (tertiary/aromatic N) is 2. The van der Waals surface area contributed by atoms with E-state index < -0.39 is 0 Å². The number of anilines is 2. The van der Waals surface area contributed by atoms with Gasteiger partial charge in [0.2, 0.25) is 11.7 Å². The molecular weight excluding hydrogens is 374 g/mol. The highest BCUT2D eigenvalue weighted by Crippen LogP contribution is 2.37. The van der Waals surface area contributed by atoms with Crippen molar-refractivity contribution >= 4 is 44.7 Å². The number of hydrogen-bond donors (Lipinski definition) is 1. The minimum atomic E-state index is 0.459. The van der Waals surface area contributed by atoms with E-state index in [0.717, 1.165) is 33.0 Å². The molecule has 0 radical (unpaired) electrons. The quantitative estimate of drug-likeness (QED) is 0.358. The van der Waals surface area contributed by atoms with Crippen LogP contribution in [0.25, 0.3) is 44.5 Å². The van der Waals surface area contributed by atoms with Gasteiger partial charge in [-0.15, -0.1) is 0 Å². The molecule has 0 saturated carbocycles. The van der Waals surface area contributed by atoms with Gasteiger partial charge in [0.25, 0.3) is 0 Å². The molecule has 5 heteroatoms. The van der Waals surface area contributed by atoms with E-state index in [1.54, 1.807) is 0 Å². The fraction of sp³-hybridized carbons (Fsp3) is 0.0400. The molecular formula is C25H17N3O2. The Morgan fingerprint density at radius 1 is 0.767 bits per heavy atom. The summed E-state index contributed by atoms with van der Waals surface area (Å²) in [4.78, 5) is 9.47. The second-order valence-electron chi connectivity index (χ2n) is 7.31. The molecule has 0 spiro atoms. The Bertz CT molecular complexity index is 1490. The first-order valence-corrected chi connectivity index (χ1v) is 9.76. The van der Waals surface area contributed by atoms with E-state index in [1.807, 2.05) is 78.9 Å². The zero-order chi connectivity index (χ0) is 20.1. The molecule has 0 aliphatic carbocycles. The highest BCUT2D eigenvalue weighted by Gasteiger charge is 2.19. The molecule has 0 fully saturated rings. The molecule has 3 aromatic heterocycles. The van der Waals surface area contributed by atoms with E-state index in [1.165, 1.54) is 5.56 Å². The maximum absolute atomic E-state index is 6.14. The van der Waals surface area contributed by atoms with Crippen molar-refractivity contribution in [3.05, 3.63) is 84.4 Å². The van der Waals surface area contributed by atoms with Crippen molar-refractivity contribution < 1.29 is 8.83 Å². The second kappa shape index (κ2) is 6.46. The molecule has 0 amide bonds. The Kier molecular flexibility index (Phi) is 3.62. The van der Waals surface area contributed by atoms with Crippen molar-refractivity contribution in [2.24, 2.45) is 0 Å². The summed E-state index contributed by atoms with van der Waals surface area (Å²) in [6.07, 6.45) is 0. The third kappa shape index (κ3) is 2.71. The van der Waals surface area contributed by atoms with E-state index in [4.69, 9.17) is 13.8 Å². The van der Waals surface area contributed by atoms with Gasteiger partial charge < -0.3 is 14.2 Å². The molecule has 0 aliphatic rings. The van der Waals surface area contributed by atoms with Crippen LogP contribution in [-0.4, -0.2) is 9.97 Å². The van der Waals surface area contributed by atoms with Crippen LogP contribution in [0.15, 0.2) is 87.7 Å². The van der Waals surface area contributed by atoms with E-state index >= 15 is 0 Å². The van der Waals surface area contributed by atoms with Crippen LogP contribution in [0.4, 0.5) is 11.6 Å². The number of fused-ring (bicyclic) bond motifs is 4. The summed E-state index contributed by atoms with van der Waals surface area (Å²) in [5, 5.41) is 6.12. The first-order chi connectivity index (χ1) is 14.7. The Hall–Kier alpha value is -4.12. The third-order valence-corrected chi connectivity index (χ3v) is 5.21. The Balaban J connectivity index is 1.60. The van der Waals surface area contributed by atoms with Crippen LogP contribution >= 0.6 is 0 Å². The molecule has 30 heavy (non-hydrogen) atoms. The molecule has 6 aromatic rings. The second-order valence-corrected chi connectivity index (χ2v) is 7.31. The van der Waals surface area contributed by atoms with Gasteiger partial charge in [-0.25, -0.2) is 4.98 Å². The maximum Gasteiger partial charge on any atom is 0.232 e. The van der Waals surface area contributed by atoms with Crippen molar-refractivity contribution in [2.75, 3.05) is 5.32 Å². The highest BCUT2D eigenvalue weighted by atomic mass is 16.3. The largest absolute Gasteiger partial charge is 0.454 e. The Morgan fingerprint density at radius 3 is 2.37 bits per heavy atom. The normalized spacial score (nSPS) is 11.5. The van der Waals surface area contributed by atoms with Crippen LogP contribution in [-0.2, 0) is 0 Å². The lowest BCUT2D eigenvalue weighted by Crippen LogP contribution is -1.98. The minimum absolute atomic E-state index is 0.459. The van der Waals surface area contributed by atoms with Gasteiger partial charge in [0.1, 0.15) is 16.9 Å².